The number of aromatic nitrogens is 2. The van der Waals surface area contributed by atoms with Gasteiger partial charge < -0.3 is 9.80 Å². The van der Waals surface area contributed by atoms with Crippen molar-refractivity contribution in [3.63, 3.8) is 0 Å². The highest BCUT2D eigenvalue weighted by Gasteiger charge is 2.24. The van der Waals surface area contributed by atoms with Crippen molar-refractivity contribution in [3.8, 4) is 11.1 Å². The Labute approximate surface area is 196 Å². The SMILES string of the molecule is Cc1cccc(N2CCN(c3nc(Cl)nc4scc(-c5ccc(Cl)cc5)c34)CC2)c1C. The monoisotopic (exact) mass is 468 g/mol. The van der Waals surface area contributed by atoms with Crippen molar-refractivity contribution in [1.29, 1.82) is 0 Å². The topological polar surface area (TPSA) is 32.3 Å². The number of benzene rings is 2. The number of nitrogens with zero attached hydrogens (tertiary/aromatic N) is 4. The standard InChI is InChI=1S/C24H22Cl2N4S/c1-15-4-3-5-20(16(15)2)29-10-12-30(13-11-29)22-21-19(17-6-8-18(25)9-7-17)14-31-23(21)28-24(26)27-22/h3-9,14H,10-13H2,1-2H3. The first kappa shape index (κ1) is 20.6. The number of anilines is 2. The second-order valence-electron chi connectivity index (χ2n) is 7.85. The van der Waals surface area contributed by atoms with Gasteiger partial charge in [-0.15, -0.1) is 11.3 Å². The molecule has 2 aromatic heterocycles. The molecule has 5 rings (SSSR count). The number of halogens is 2. The van der Waals surface area contributed by atoms with Gasteiger partial charge in [0.05, 0.1) is 5.39 Å². The van der Waals surface area contributed by atoms with Crippen LogP contribution in [0.5, 0.6) is 0 Å². The quantitative estimate of drug-likeness (QED) is 0.316. The number of rotatable bonds is 3. The summed E-state index contributed by atoms with van der Waals surface area (Å²) in [5, 5.41) is 4.22. The smallest absolute Gasteiger partial charge is 0.225 e. The first-order valence-corrected chi connectivity index (χ1v) is 11.9. The number of thiophene rings is 1. The molecule has 0 unspecified atom stereocenters. The summed E-state index contributed by atoms with van der Waals surface area (Å²) in [5.41, 5.74) is 6.24. The lowest BCUT2D eigenvalue weighted by molar-refractivity contribution is 0.647. The lowest BCUT2D eigenvalue weighted by atomic mass is 10.1. The van der Waals surface area contributed by atoms with Crippen molar-refractivity contribution in [2.45, 2.75) is 13.8 Å². The highest BCUT2D eigenvalue weighted by Crippen LogP contribution is 2.39. The highest BCUT2D eigenvalue weighted by molar-refractivity contribution is 7.17. The minimum atomic E-state index is 0.295. The van der Waals surface area contributed by atoms with Crippen molar-refractivity contribution in [1.82, 2.24) is 9.97 Å². The predicted molar refractivity (Wildman–Crippen MR) is 133 cm³/mol. The molecule has 3 heterocycles. The van der Waals surface area contributed by atoms with Crippen LogP contribution >= 0.6 is 34.5 Å². The molecule has 0 amide bonds. The molecular weight excluding hydrogens is 447 g/mol. The van der Waals surface area contributed by atoms with Gasteiger partial charge in [0.25, 0.3) is 0 Å². The van der Waals surface area contributed by atoms with Crippen LogP contribution in [0.3, 0.4) is 0 Å². The first-order chi connectivity index (χ1) is 15.0. The maximum Gasteiger partial charge on any atom is 0.225 e. The summed E-state index contributed by atoms with van der Waals surface area (Å²) in [6, 6.07) is 14.4. The van der Waals surface area contributed by atoms with Gasteiger partial charge in [-0.2, -0.15) is 4.98 Å². The number of piperazine rings is 1. The minimum absolute atomic E-state index is 0.295. The summed E-state index contributed by atoms with van der Waals surface area (Å²) in [7, 11) is 0. The largest absolute Gasteiger partial charge is 0.368 e. The van der Waals surface area contributed by atoms with E-state index in [1.54, 1.807) is 11.3 Å². The Balaban J connectivity index is 1.49. The fourth-order valence-electron chi connectivity index (χ4n) is 4.21. The lowest BCUT2D eigenvalue weighted by Gasteiger charge is -2.38. The molecule has 1 aliphatic rings. The molecule has 0 aliphatic carbocycles. The molecule has 1 fully saturated rings. The number of hydrogen-bond donors (Lipinski definition) is 0. The molecule has 1 saturated heterocycles. The first-order valence-electron chi connectivity index (χ1n) is 10.3. The zero-order valence-electron chi connectivity index (χ0n) is 17.4. The van der Waals surface area contributed by atoms with Crippen LogP contribution in [0, 0.1) is 13.8 Å². The van der Waals surface area contributed by atoms with Crippen molar-refractivity contribution >= 4 is 56.3 Å². The second-order valence-corrected chi connectivity index (χ2v) is 9.48. The molecule has 0 bridgehead atoms. The van der Waals surface area contributed by atoms with Crippen LogP contribution in [0.15, 0.2) is 47.8 Å². The Bertz CT molecular complexity index is 1240. The molecule has 2 aromatic carbocycles. The van der Waals surface area contributed by atoms with Crippen LogP contribution < -0.4 is 9.80 Å². The van der Waals surface area contributed by atoms with E-state index in [0.717, 1.165) is 58.4 Å². The van der Waals surface area contributed by atoms with Gasteiger partial charge in [-0.25, -0.2) is 4.98 Å². The summed E-state index contributed by atoms with van der Waals surface area (Å²) >= 11 is 14.0. The zero-order valence-corrected chi connectivity index (χ0v) is 19.7. The van der Waals surface area contributed by atoms with E-state index in [9.17, 15) is 0 Å². The fourth-order valence-corrected chi connectivity index (χ4v) is 5.49. The van der Waals surface area contributed by atoms with Gasteiger partial charge in [-0.3, -0.25) is 0 Å². The number of aryl methyl sites for hydroxylation is 1. The van der Waals surface area contributed by atoms with Crippen LogP contribution in [-0.4, -0.2) is 36.1 Å². The van der Waals surface area contributed by atoms with Crippen molar-refractivity contribution in [2.75, 3.05) is 36.0 Å². The Morgan fingerprint density at radius 1 is 0.871 bits per heavy atom. The third-order valence-corrected chi connectivity index (χ3v) is 7.33. The molecule has 0 saturated carbocycles. The summed E-state index contributed by atoms with van der Waals surface area (Å²) in [4.78, 5) is 14.9. The van der Waals surface area contributed by atoms with Crippen LogP contribution in [0.4, 0.5) is 11.5 Å². The molecule has 0 atom stereocenters. The van der Waals surface area contributed by atoms with Crippen LogP contribution in [0.1, 0.15) is 11.1 Å². The van der Waals surface area contributed by atoms with E-state index in [0.29, 0.717) is 5.28 Å². The number of hydrogen-bond acceptors (Lipinski definition) is 5. The van der Waals surface area contributed by atoms with Gasteiger partial charge in [0, 0.05) is 47.8 Å². The predicted octanol–water partition coefficient (Wildman–Crippen LogP) is 6.61. The molecule has 7 heteroatoms. The Kier molecular flexibility index (Phi) is 5.51. The third-order valence-electron chi connectivity index (χ3n) is 6.04. The van der Waals surface area contributed by atoms with Crippen LogP contribution in [0.25, 0.3) is 21.3 Å². The Morgan fingerprint density at radius 2 is 1.58 bits per heavy atom. The van der Waals surface area contributed by atoms with E-state index in [1.165, 1.54) is 16.8 Å². The van der Waals surface area contributed by atoms with E-state index in [4.69, 9.17) is 23.2 Å². The Morgan fingerprint density at radius 3 is 2.32 bits per heavy atom. The van der Waals surface area contributed by atoms with Gasteiger partial charge in [-0.05, 0) is 60.3 Å². The Hall–Kier alpha value is -2.34. The molecule has 158 valence electrons. The maximum atomic E-state index is 6.31. The van der Waals surface area contributed by atoms with E-state index in [1.807, 2.05) is 24.3 Å². The summed E-state index contributed by atoms with van der Waals surface area (Å²) in [6.45, 7) is 8.01. The summed E-state index contributed by atoms with van der Waals surface area (Å²) in [6.07, 6.45) is 0. The van der Waals surface area contributed by atoms with E-state index in [2.05, 4.69) is 57.2 Å². The molecule has 4 aromatic rings. The molecular formula is C24H22Cl2N4S. The average Bonchev–Trinajstić information content (AvgIpc) is 3.19. The average molecular weight is 469 g/mol. The maximum absolute atomic E-state index is 6.31. The van der Waals surface area contributed by atoms with Gasteiger partial charge in [0.15, 0.2) is 0 Å². The summed E-state index contributed by atoms with van der Waals surface area (Å²) in [5.74, 6) is 0.918. The van der Waals surface area contributed by atoms with E-state index >= 15 is 0 Å². The minimum Gasteiger partial charge on any atom is -0.368 e. The number of fused-ring (bicyclic) bond motifs is 1. The molecule has 4 nitrogen and oxygen atoms in total. The van der Waals surface area contributed by atoms with Gasteiger partial charge in [-0.1, -0.05) is 35.9 Å². The second kappa shape index (κ2) is 8.30. The van der Waals surface area contributed by atoms with Gasteiger partial charge in [0.1, 0.15) is 10.6 Å². The van der Waals surface area contributed by atoms with E-state index < -0.39 is 0 Å². The van der Waals surface area contributed by atoms with Gasteiger partial charge >= 0.3 is 0 Å². The lowest BCUT2D eigenvalue weighted by Crippen LogP contribution is -2.47. The fraction of sp³-hybridized carbons (Fsp3) is 0.250. The highest BCUT2D eigenvalue weighted by atomic mass is 35.5. The summed E-state index contributed by atoms with van der Waals surface area (Å²) < 4.78 is 0. The van der Waals surface area contributed by atoms with Gasteiger partial charge in [0.2, 0.25) is 5.28 Å². The third kappa shape index (κ3) is 3.86. The van der Waals surface area contributed by atoms with Crippen LogP contribution in [-0.2, 0) is 0 Å². The molecule has 0 radical (unpaired) electrons. The normalized spacial score (nSPS) is 14.5. The van der Waals surface area contributed by atoms with Crippen molar-refractivity contribution in [2.24, 2.45) is 0 Å². The van der Waals surface area contributed by atoms with Crippen LogP contribution in [0.2, 0.25) is 10.3 Å². The van der Waals surface area contributed by atoms with Crippen molar-refractivity contribution in [3.05, 3.63) is 69.3 Å². The molecule has 1 aliphatic heterocycles. The zero-order chi connectivity index (χ0) is 21.5. The molecule has 0 spiro atoms. The molecule has 31 heavy (non-hydrogen) atoms. The van der Waals surface area contributed by atoms with E-state index in [-0.39, 0.29) is 0 Å². The van der Waals surface area contributed by atoms with Crippen molar-refractivity contribution < 1.29 is 0 Å². The molecule has 0 N–H and O–H groups in total.